The zero-order valence-electron chi connectivity index (χ0n) is 11.4. The molecule has 1 aromatic rings. The van der Waals surface area contributed by atoms with Gasteiger partial charge >= 0.3 is 0 Å². The van der Waals surface area contributed by atoms with Gasteiger partial charge < -0.3 is 20.6 Å². The van der Waals surface area contributed by atoms with Gasteiger partial charge in [0.25, 0.3) is 0 Å². The normalized spacial score (nSPS) is 27.4. The number of phenols is 2. The average Bonchev–Trinajstić information content (AvgIpc) is 2.38. The van der Waals surface area contributed by atoms with E-state index in [9.17, 15) is 15.3 Å². The van der Waals surface area contributed by atoms with E-state index in [1.807, 2.05) is 0 Å². The zero-order chi connectivity index (χ0) is 13.9. The number of aliphatic hydroxyl groups is 1. The quantitative estimate of drug-likeness (QED) is 0.673. The predicted molar refractivity (Wildman–Crippen MR) is 74.1 cm³/mol. The lowest BCUT2D eigenvalue weighted by Crippen LogP contribution is -2.51. The molecule has 1 saturated carbocycles. The Balaban J connectivity index is 2.03. The number of phenolic OH excluding ortho intramolecular Hbond substituents is 2. The Morgan fingerprint density at radius 1 is 1.37 bits per heavy atom. The van der Waals surface area contributed by atoms with Crippen molar-refractivity contribution in [1.29, 1.82) is 0 Å². The number of nitrogens with one attached hydrogen (secondary N) is 1. The van der Waals surface area contributed by atoms with Crippen molar-refractivity contribution >= 4 is 0 Å². The maximum Gasteiger partial charge on any atom is 0.123 e. The minimum absolute atomic E-state index is 0.0596. The second-order valence-corrected chi connectivity index (χ2v) is 5.81. The third-order valence-corrected chi connectivity index (χ3v) is 4.12. The molecule has 1 fully saturated rings. The van der Waals surface area contributed by atoms with Crippen LogP contribution < -0.4 is 5.32 Å². The van der Waals surface area contributed by atoms with E-state index in [4.69, 9.17) is 0 Å². The highest BCUT2D eigenvalue weighted by Crippen LogP contribution is 2.33. The summed E-state index contributed by atoms with van der Waals surface area (Å²) in [6.45, 7) is 2.83. The smallest absolute Gasteiger partial charge is 0.123 e. The van der Waals surface area contributed by atoms with E-state index in [1.165, 1.54) is 12.5 Å². The standard InChI is InChI=1S/C15H23NO3/c1-11-3-2-6-15(8-11,10-17)16-9-12-4-5-13(18)7-14(12)19/h4-5,7,11,16-19H,2-3,6,8-10H2,1H3. The van der Waals surface area contributed by atoms with Crippen molar-refractivity contribution in [2.24, 2.45) is 5.92 Å². The molecule has 0 saturated heterocycles. The SMILES string of the molecule is CC1CCCC(CO)(NCc2ccc(O)cc2O)C1. The first-order valence-corrected chi connectivity index (χ1v) is 6.91. The van der Waals surface area contributed by atoms with E-state index in [1.54, 1.807) is 12.1 Å². The molecule has 0 radical (unpaired) electrons. The van der Waals surface area contributed by atoms with E-state index < -0.39 is 0 Å². The van der Waals surface area contributed by atoms with Crippen molar-refractivity contribution in [1.82, 2.24) is 5.32 Å². The topological polar surface area (TPSA) is 72.7 Å². The Morgan fingerprint density at radius 2 is 2.16 bits per heavy atom. The van der Waals surface area contributed by atoms with Crippen LogP contribution in [0.2, 0.25) is 0 Å². The minimum atomic E-state index is -0.234. The van der Waals surface area contributed by atoms with Gasteiger partial charge in [0, 0.05) is 23.7 Å². The summed E-state index contributed by atoms with van der Waals surface area (Å²) in [7, 11) is 0. The largest absolute Gasteiger partial charge is 0.508 e. The van der Waals surface area contributed by atoms with Gasteiger partial charge in [0.15, 0.2) is 0 Å². The van der Waals surface area contributed by atoms with Crippen LogP contribution in [0.5, 0.6) is 11.5 Å². The fraction of sp³-hybridized carbons (Fsp3) is 0.600. The number of aliphatic hydroxyl groups excluding tert-OH is 1. The molecule has 1 aromatic carbocycles. The molecule has 0 heterocycles. The molecule has 0 bridgehead atoms. The molecular weight excluding hydrogens is 242 g/mol. The van der Waals surface area contributed by atoms with Crippen LogP contribution in [0, 0.1) is 5.92 Å². The summed E-state index contributed by atoms with van der Waals surface area (Å²) in [5.41, 5.74) is 0.506. The monoisotopic (exact) mass is 265 g/mol. The van der Waals surface area contributed by atoms with Crippen molar-refractivity contribution in [2.75, 3.05) is 6.61 Å². The molecule has 0 spiro atoms. The molecule has 1 aliphatic carbocycles. The van der Waals surface area contributed by atoms with Crippen LogP contribution in [0.1, 0.15) is 38.2 Å². The molecule has 4 N–H and O–H groups in total. The molecule has 1 aliphatic rings. The van der Waals surface area contributed by atoms with Crippen LogP contribution in [0.4, 0.5) is 0 Å². The lowest BCUT2D eigenvalue weighted by Gasteiger charge is -2.39. The van der Waals surface area contributed by atoms with Gasteiger partial charge in [-0.15, -0.1) is 0 Å². The molecule has 0 aliphatic heterocycles. The van der Waals surface area contributed by atoms with Crippen LogP contribution in [-0.2, 0) is 6.54 Å². The minimum Gasteiger partial charge on any atom is -0.508 e. The second-order valence-electron chi connectivity index (χ2n) is 5.81. The van der Waals surface area contributed by atoms with Gasteiger partial charge in [-0.05, 0) is 24.8 Å². The van der Waals surface area contributed by atoms with Gasteiger partial charge in [-0.3, -0.25) is 0 Å². The Morgan fingerprint density at radius 3 is 2.79 bits per heavy atom. The summed E-state index contributed by atoms with van der Waals surface area (Å²) >= 11 is 0. The van der Waals surface area contributed by atoms with Crippen LogP contribution in [0.15, 0.2) is 18.2 Å². The highest BCUT2D eigenvalue weighted by atomic mass is 16.3. The van der Waals surface area contributed by atoms with E-state index in [0.29, 0.717) is 12.5 Å². The first-order valence-electron chi connectivity index (χ1n) is 6.91. The Labute approximate surface area is 114 Å². The fourth-order valence-corrected chi connectivity index (χ4v) is 3.00. The average molecular weight is 265 g/mol. The van der Waals surface area contributed by atoms with Gasteiger partial charge in [-0.1, -0.05) is 25.8 Å². The van der Waals surface area contributed by atoms with E-state index >= 15 is 0 Å². The van der Waals surface area contributed by atoms with Crippen LogP contribution in [-0.4, -0.2) is 27.5 Å². The summed E-state index contributed by atoms with van der Waals surface area (Å²) in [6, 6.07) is 4.60. The van der Waals surface area contributed by atoms with Gasteiger partial charge in [0.05, 0.1) is 6.61 Å². The highest BCUT2D eigenvalue weighted by Gasteiger charge is 2.33. The molecule has 4 heteroatoms. The molecular formula is C15H23NO3. The number of aromatic hydroxyl groups is 2. The Hall–Kier alpha value is -1.26. The van der Waals surface area contributed by atoms with E-state index in [2.05, 4.69) is 12.2 Å². The summed E-state index contributed by atoms with van der Waals surface area (Å²) < 4.78 is 0. The fourth-order valence-electron chi connectivity index (χ4n) is 3.00. The molecule has 106 valence electrons. The molecule has 2 unspecified atom stereocenters. The summed E-state index contributed by atoms with van der Waals surface area (Å²) in [5, 5.41) is 32.1. The van der Waals surface area contributed by atoms with Gasteiger partial charge in [0.2, 0.25) is 0 Å². The number of hydrogen-bond donors (Lipinski definition) is 4. The number of benzene rings is 1. The lowest BCUT2D eigenvalue weighted by atomic mass is 9.77. The molecule has 2 rings (SSSR count). The van der Waals surface area contributed by atoms with Crippen LogP contribution >= 0.6 is 0 Å². The predicted octanol–water partition coefficient (Wildman–Crippen LogP) is 2.13. The number of rotatable bonds is 4. The Bertz CT molecular complexity index is 435. The second kappa shape index (κ2) is 5.80. The summed E-state index contributed by atoms with van der Waals surface area (Å²) in [4.78, 5) is 0. The van der Waals surface area contributed by atoms with Gasteiger partial charge in [-0.2, -0.15) is 0 Å². The van der Waals surface area contributed by atoms with Crippen molar-refractivity contribution in [3.63, 3.8) is 0 Å². The molecule has 19 heavy (non-hydrogen) atoms. The summed E-state index contributed by atoms with van der Waals surface area (Å²) in [5.74, 6) is 0.760. The van der Waals surface area contributed by atoms with Crippen molar-refractivity contribution in [3.05, 3.63) is 23.8 Å². The van der Waals surface area contributed by atoms with Crippen LogP contribution in [0.3, 0.4) is 0 Å². The van der Waals surface area contributed by atoms with Crippen molar-refractivity contribution in [3.8, 4) is 11.5 Å². The van der Waals surface area contributed by atoms with Gasteiger partial charge in [-0.25, -0.2) is 0 Å². The maximum absolute atomic E-state index is 9.77. The lowest BCUT2D eigenvalue weighted by molar-refractivity contribution is 0.0980. The summed E-state index contributed by atoms with van der Waals surface area (Å²) in [6.07, 6.45) is 4.26. The molecule has 0 amide bonds. The van der Waals surface area contributed by atoms with Crippen molar-refractivity contribution < 1.29 is 15.3 Å². The molecule has 2 atom stereocenters. The van der Waals surface area contributed by atoms with Crippen LogP contribution in [0.25, 0.3) is 0 Å². The van der Waals surface area contributed by atoms with Crippen molar-refractivity contribution in [2.45, 2.75) is 44.7 Å². The molecule has 4 nitrogen and oxygen atoms in total. The first-order chi connectivity index (χ1) is 9.04. The third kappa shape index (κ3) is 3.39. The Kier molecular flexibility index (Phi) is 4.32. The highest BCUT2D eigenvalue weighted by molar-refractivity contribution is 5.38. The van der Waals surface area contributed by atoms with E-state index in [-0.39, 0.29) is 23.6 Å². The molecule has 0 aromatic heterocycles. The van der Waals surface area contributed by atoms with Gasteiger partial charge in [0.1, 0.15) is 11.5 Å². The first kappa shape index (κ1) is 14.2. The van der Waals surface area contributed by atoms with E-state index in [0.717, 1.165) is 24.8 Å². The number of hydrogen-bond acceptors (Lipinski definition) is 4. The zero-order valence-corrected chi connectivity index (χ0v) is 11.4. The third-order valence-electron chi connectivity index (χ3n) is 4.12. The maximum atomic E-state index is 9.77.